The normalized spacial score (nSPS) is 13.3. The lowest BCUT2D eigenvalue weighted by molar-refractivity contribution is 0.346. The van der Waals surface area contributed by atoms with E-state index in [4.69, 9.17) is 0 Å². The number of nitrogens with one attached hydrogen (secondary N) is 1. The first kappa shape index (κ1) is 13.9. The Hall–Kier alpha value is -1.49. The average molecular weight is 279 g/mol. The van der Waals surface area contributed by atoms with Crippen LogP contribution in [0.25, 0.3) is 0 Å². The first-order valence-corrected chi connectivity index (χ1v) is 6.96. The molecule has 0 aliphatic heterocycles. The highest BCUT2D eigenvalue weighted by molar-refractivity contribution is 7.09. The van der Waals surface area contributed by atoms with Crippen LogP contribution in [0, 0.1) is 18.2 Å². The van der Waals surface area contributed by atoms with Crippen molar-refractivity contribution in [2.75, 3.05) is 5.32 Å². The number of anilines is 1. The molecular weight excluding hydrogens is 261 g/mol. The zero-order valence-corrected chi connectivity index (χ0v) is 12.4. The Labute approximate surface area is 117 Å². The third-order valence-electron chi connectivity index (χ3n) is 2.84. The maximum Gasteiger partial charge on any atom is 0.203 e. The highest BCUT2D eigenvalue weighted by Gasteiger charge is 2.27. The van der Waals surface area contributed by atoms with Gasteiger partial charge in [0.05, 0.1) is 6.04 Å². The second-order valence-electron chi connectivity index (χ2n) is 5.65. The first-order chi connectivity index (χ1) is 8.86. The van der Waals surface area contributed by atoms with Crippen molar-refractivity contribution in [1.82, 2.24) is 9.36 Å². The van der Waals surface area contributed by atoms with Crippen molar-refractivity contribution in [2.45, 2.75) is 33.7 Å². The van der Waals surface area contributed by atoms with E-state index < -0.39 is 0 Å². The van der Waals surface area contributed by atoms with Gasteiger partial charge in [0.1, 0.15) is 11.6 Å². The van der Waals surface area contributed by atoms with Crippen LogP contribution in [0.15, 0.2) is 24.3 Å². The van der Waals surface area contributed by atoms with E-state index in [2.05, 4.69) is 35.4 Å². The SMILES string of the molecule is Cc1nsc(NC(c2cccc(F)c2)C(C)(C)C)n1. The fraction of sp³-hybridized carbons (Fsp3) is 0.429. The van der Waals surface area contributed by atoms with Crippen molar-refractivity contribution in [3.8, 4) is 0 Å². The number of halogens is 1. The van der Waals surface area contributed by atoms with Crippen molar-refractivity contribution in [1.29, 1.82) is 0 Å². The zero-order valence-electron chi connectivity index (χ0n) is 11.6. The molecule has 3 nitrogen and oxygen atoms in total. The summed E-state index contributed by atoms with van der Waals surface area (Å²) in [5.41, 5.74) is 0.855. The molecule has 0 fully saturated rings. The molecule has 5 heteroatoms. The van der Waals surface area contributed by atoms with Crippen molar-refractivity contribution in [3.05, 3.63) is 41.5 Å². The van der Waals surface area contributed by atoms with Gasteiger partial charge in [-0.1, -0.05) is 32.9 Å². The van der Waals surface area contributed by atoms with Gasteiger partial charge >= 0.3 is 0 Å². The lowest BCUT2D eigenvalue weighted by atomic mass is 9.82. The van der Waals surface area contributed by atoms with Gasteiger partial charge in [-0.25, -0.2) is 9.37 Å². The number of rotatable bonds is 3. The van der Waals surface area contributed by atoms with Gasteiger partial charge in [0.15, 0.2) is 0 Å². The van der Waals surface area contributed by atoms with Crippen LogP contribution in [-0.4, -0.2) is 9.36 Å². The average Bonchev–Trinajstić information content (AvgIpc) is 2.70. The summed E-state index contributed by atoms with van der Waals surface area (Å²) in [5.74, 6) is 0.529. The van der Waals surface area contributed by atoms with Crippen molar-refractivity contribution in [3.63, 3.8) is 0 Å². The Bertz CT molecular complexity index is 560. The molecule has 1 aromatic carbocycles. The molecule has 19 heavy (non-hydrogen) atoms. The Balaban J connectivity index is 2.31. The summed E-state index contributed by atoms with van der Waals surface area (Å²) in [6.07, 6.45) is 0. The lowest BCUT2D eigenvalue weighted by Crippen LogP contribution is -2.25. The zero-order chi connectivity index (χ0) is 14.0. The Kier molecular flexibility index (Phi) is 3.85. The lowest BCUT2D eigenvalue weighted by Gasteiger charge is -2.31. The van der Waals surface area contributed by atoms with Crippen molar-refractivity contribution >= 4 is 16.7 Å². The van der Waals surface area contributed by atoms with E-state index in [0.717, 1.165) is 16.5 Å². The summed E-state index contributed by atoms with van der Waals surface area (Å²) in [6, 6.07) is 6.67. The van der Waals surface area contributed by atoms with Crippen LogP contribution in [0.3, 0.4) is 0 Å². The number of hydrogen-bond acceptors (Lipinski definition) is 4. The van der Waals surface area contributed by atoms with Crippen molar-refractivity contribution < 1.29 is 4.39 Å². The molecule has 1 aromatic heterocycles. The Morgan fingerprint density at radius 3 is 2.58 bits per heavy atom. The van der Waals surface area contributed by atoms with Crippen molar-refractivity contribution in [2.24, 2.45) is 5.41 Å². The molecule has 0 radical (unpaired) electrons. The molecule has 102 valence electrons. The first-order valence-electron chi connectivity index (χ1n) is 6.18. The number of aryl methyl sites for hydroxylation is 1. The quantitative estimate of drug-likeness (QED) is 0.915. The smallest absolute Gasteiger partial charge is 0.203 e. The van der Waals surface area contributed by atoms with Gasteiger partial charge in [0, 0.05) is 11.5 Å². The Morgan fingerprint density at radius 2 is 2.05 bits per heavy atom. The van der Waals surface area contributed by atoms with Gasteiger partial charge in [0.25, 0.3) is 0 Å². The van der Waals surface area contributed by atoms with Crippen LogP contribution in [-0.2, 0) is 0 Å². The largest absolute Gasteiger partial charge is 0.353 e. The predicted molar refractivity (Wildman–Crippen MR) is 76.9 cm³/mol. The summed E-state index contributed by atoms with van der Waals surface area (Å²) in [6.45, 7) is 8.20. The molecule has 0 bridgehead atoms. The number of aromatic nitrogens is 2. The fourth-order valence-electron chi connectivity index (χ4n) is 1.97. The summed E-state index contributed by atoms with van der Waals surface area (Å²) in [4.78, 5) is 4.31. The van der Waals surface area contributed by atoms with Gasteiger partial charge in [-0.2, -0.15) is 4.37 Å². The molecule has 0 amide bonds. The second-order valence-corrected chi connectivity index (χ2v) is 6.40. The minimum atomic E-state index is -0.220. The molecule has 2 rings (SSSR count). The van der Waals surface area contributed by atoms with E-state index in [1.807, 2.05) is 13.0 Å². The molecule has 2 aromatic rings. The molecule has 1 unspecified atom stereocenters. The third kappa shape index (κ3) is 3.50. The van der Waals surface area contributed by atoms with Crippen LogP contribution >= 0.6 is 11.5 Å². The van der Waals surface area contributed by atoms with Crippen LogP contribution in [0.1, 0.15) is 38.2 Å². The Morgan fingerprint density at radius 1 is 1.32 bits per heavy atom. The van der Waals surface area contributed by atoms with Crippen LogP contribution in [0.5, 0.6) is 0 Å². The highest BCUT2D eigenvalue weighted by atomic mass is 32.1. The van der Waals surface area contributed by atoms with E-state index in [0.29, 0.717) is 0 Å². The van der Waals surface area contributed by atoms with E-state index in [-0.39, 0.29) is 17.3 Å². The van der Waals surface area contributed by atoms with Gasteiger partial charge in [0.2, 0.25) is 5.13 Å². The minimum absolute atomic E-state index is 0.0180. The predicted octanol–water partition coefficient (Wildman–Crippen LogP) is 4.18. The molecule has 1 N–H and O–H groups in total. The molecule has 0 spiro atoms. The maximum absolute atomic E-state index is 13.4. The second kappa shape index (κ2) is 5.25. The summed E-state index contributed by atoms with van der Waals surface area (Å²) < 4.78 is 17.6. The molecule has 1 heterocycles. The molecule has 0 aliphatic carbocycles. The van der Waals surface area contributed by atoms with Gasteiger partial charge in [-0.3, -0.25) is 0 Å². The van der Waals surface area contributed by atoms with Gasteiger partial charge in [-0.05, 0) is 30.0 Å². The summed E-state index contributed by atoms with van der Waals surface area (Å²) in [7, 11) is 0. The van der Waals surface area contributed by atoms with Crippen LogP contribution in [0.4, 0.5) is 9.52 Å². The summed E-state index contributed by atoms with van der Waals surface area (Å²) in [5, 5.41) is 4.13. The molecule has 1 atom stereocenters. The maximum atomic E-state index is 13.4. The van der Waals surface area contributed by atoms with E-state index >= 15 is 0 Å². The summed E-state index contributed by atoms with van der Waals surface area (Å²) >= 11 is 1.33. The number of hydrogen-bond donors (Lipinski definition) is 1. The molecule has 0 aliphatic rings. The van der Waals surface area contributed by atoms with Gasteiger partial charge in [-0.15, -0.1) is 0 Å². The highest BCUT2D eigenvalue weighted by Crippen LogP contribution is 2.36. The third-order valence-corrected chi connectivity index (χ3v) is 3.58. The topological polar surface area (TPSA) is 37.8 Å². The van der Waals surface area contributed by atoms with E-state index in [1.54, 1.807) is 12.1 Å². The fourth-order valence-corrected chi connectivity index (χ4v) is 2.57. The minimum Gasteiger partial charge on any atom is -0.353 e. The van der Waals surface area contributed by atoms with Crippen LogP contribution < -0.4 is 5.32 Å². The number of benzene rings is 1. The van der Waals surface area contributed by atoms with Crippen LogP contribution in [0.2, 0.25) is 0 Å². The van der Waals surface area contributed by atoms with E-state index in [9.17, 15) is 4.39 Å². The molecule has 0 saturated heterocycles. The van der Waals surface area contributed by atoms with E-state index in [1.165, 1.54) is 17.6 Å². The monoisotopic (exact) mass is 279 g/mol. The molecule has 0 saturated carbocycles. The molecular formula is C14H18FN3S. The standard InChI is InChI=1S/C14H18FN3S/c1-9-16-13(19-18-9)17-12(14(2,3)4)10-6-5-7-11(15)8-10/h5-8,12H,1-4H3,(H,16,17,18). The van der Waals surface area contributed by atoms with Gasteiger partial charge < -0.3 is 5.32 Å². The number of nitrogens with zero attached hydrogens (tertiary/aromatic N) is 2.